The predicted molar refractivity (Wildman–Crippen MR) is 110 cm³/mol. The van der Waals surface area contributed by atoms with Gasteiger partial charge < -0.3 is 9.88 Å². The van der Waals surface area contributed by atoms with Gasteiger partial charge >= 0.3 is 0 Å². The van der Waals surface area contributed by atoms with Crippen LogP contribution >= 0.6 is 0 Å². The number of aryl methyl sites for hydroxylation is 1. The fourth-order valence-electron chi connectivity index (χ4n) is 4.31. The van der Waals surface area contributed by atoms with E-state index >= 15 is 0 Å². The van der Waals surface area contributed by atoms with Gasteiger partial charge in [-0.2, -0.15) is 0 Å². The standard InChI is InChI=1S/C23H26N4O/c1-18-17-26-21(19-9-13-24-14-10-19)27(18)16-15-25-22(28)23(11-5-6-12-23)20-7-3-2-4-8-20/h2-4,7-10,13-14,17H,5-6,11-12,15-16H2,1H3,(H,25,28). The molecule has 1 saturated carbocycles. The number of imidazole rings is 1. The van der Waals surface area contributed by atoms with Crippen LogP contribution in [0.5, 0.6) is 0 Å². The molecule has 1 aliphatic rings. The molecule has 4 rings (SSSR count). The van der Waals surface area contributed by atoms with Crippen molar-refractivity contribution in [3.8, 4) is 11.4 Å². The molecule has 2 aromatic heterocycles. The second kappa shape index (κ2) is 7.97. The van der Waals surface area contributed by atoms with Crippen LogP contribution in [-0.2, 0) is 16.8 Å². The van der Waals surface area contributed by atoms with Gasteiger partial charge in [0.25, 0.3) is 0 Å². The maximum absolute atomic E-state index is 13.2. The van der Waals surface area contributed by atoms with Crippen LogP contribution in [0.15, 0.2) is 61.1 Å². The SMILES string of the molecule is Cc1cnc(-c2ccncc2)n1CCNC(=O)C1(c2ccccc2)CCCC1. The lowest BCUT2D eigenvalue weighted by Crippen LogP contribution is -2.43. The molecular weight excluding hydrogens is 348 g/mol. The van der Waals surface area contributed by atoms with Crippen molar-refractivity contribution in [2.24, 2.45) is 0 Å². The molecule has 0 bridgehead atoms. The van der Waals surface area contributed by atoms with Gasteiger partial charge in [0.1, 0.15) is 5.82 Å². The van der Waals surface area contributed by atoms with Crippen molar-refractivity contribution >= 4 is 5.91 Å². The number of rotatable bonds is 6. The molecule has 2 heterocycles. The van der Waals surface area contributed by atoms with Crippen molar-refractivity contribution < 1.29 is 4.79 Å². The van der Waals surface area contributed by atoms with Crippen LogP contribution in [0.4, 0.5) is 0 Å². The second-order valence-electron chi connectivity index (χ2n) is 7.52. The Labute approximate surface area is 165 Å². The number of aromatic nitrogens is 3. The fourth-order valence-corrected chi connectivity index (χ4v) is 4.31. The largest absolute Gasteiger partial charge is 0.354 e. The summed E-state index contributed by atoms with van der Waals surface area (Å²) in [6.07, 6.45) is 9.49. The third kappa shape index (κ3) is 3.44. The molecule has 1 aliphatic carbocycles. The lowest BCUT2D eigenvalue weighted by molar-refractivity contribution is -0.126. The highest BCUT2D eigenvalue weighted by Gasteiger charge is 2.42. The van der Waals surface area contributed by atoms with E-state index in [1.807, 2.05) is 43.5 Å². The molecule has 144 valence electrons. The van der Waals surface area contributed by atoms with Gasteiger partial charge in [-0.25, -0.2) is 4.98 Å². The van der Waals surface area contributed by atoms with Gasteiger partial charge in [0, 0.05) is 42.9 Å². The smallest absolute Gasteiger partial charge is 0.230 e. The van der Waals surface area contributed by atoms with E-state index in [2.05, 4.69) is 32.0 Å². The van der Waals surface area contributed by atoms with Gasteiger partial charge in [0.05, 0.1) is 5.41 Å². The van der Waals surface area contributed by atoms with Crippen LogP contribution in [0.2, 0.25) is 0 Å². The molecule has 5 heteroatoms. The zero-order chi connectivity index (χ0) is 19.4. The van der Waals surface area contributed by atoms with Gasteiger partial charge in [-0.05, 0) is 37.5 Å². The van der Waals surface area contributed by atoms with Crippen molar-refractivity contribution in [1.29, 1.82) is 0 Å². The van der Waals surface area contributed by atoms with Crippen LogP contribution in [0, 0.1) is 6.92 Å². The minimum Gasteiger partial charge on any atom is -0.354 e. The summed E-state index contributed by atoms with van der Waals surface area (Å²) in [5.74, 6) is 1.06. The highest BCUT2D eigenvalue weighted by molar-refractivity contribution is 5.88. The molecule has 1 fully saturated rings. The molecule has 0 radical (unpaired) electrons. The monoisotopic (exact) mass is 374 g/mol. The molecule has 0 spiro atoms. The number of nitrogens with zero attached hydrogens (tertiary/aromatic N) is 3. The van der Waals surface area contributed by atoms with E-state index in [4.69, 9.17) is 0 Å². The van der Waals surface area contributed by atoms with Crippen LogP contribution in [0.1, 0.15) is 36.9 Å². The third-order valence-electron chi connectivity index (χ3n) is 5.83. The summed E-state index contributed by atoms with van der Waals surface area (Å²) in [5.41, 5.74) is 2.88. The molecule has 0 atom stereocenters. The first kappa shape index (κ1) is 18.4. The minimum absolute atomic E-state index is 0.152. The molecule has 5 nitrogen and oxygen atoms in total. The number of carbonyl (C=O) groups excluding carboxylic acids is 1. The summed E-state index contributed by atoms with van der Waals surface area (Å²) in [4.78, 5) is 21.8. The molecule has 0 unspecified atom stereocenters. The number of pyridine rings is 1. The number of hydrogen-bond acceptors (Lipinski definition) is 3. The van der Waals surface area contributed by atoms with E-state index in [1.165, 1.54) is 0 Å². The van der Waals surface area contributed by atoms with Crippen molar-refractivity contribution in [3.05, 3.63) is 72.3 Å². The Balaban J connectivity index is 1.47. The third-order valence-corrected chi connectivity index (χ3v) is 5.83. The molecule has 28 heavy (non-hydrogen) atoms. The average molecular weight is 374 g/mol. The molecule has 0 aliphatic heterocycles. The van der Waals surface area contributed by atoms with Gasteiger partial charge in [0.2, 0.25) is 5.91 Å². The Kier molecular flexibility index (Phi) is 5.24. The lowest BCUT2D eigenvalue weighted by atomic mass is 9.78. The number of carbonyl (C=O) groups is 1. The van der Waals surface area contributed by atoms with Gasteiger partial charge in [-0.1, -0.05) is 43.2 Å². The van der Waals surface area contributed by atoms with Crippen LogP contribution in [0.3, 0.4) is 0 Å². The van der Waals surface area contributed by atoms with E-state index in [9.17, 15) is 4.79 Å². The highest BCUT2D eigenvalue weighted by Crippen LogP contribution is 2.41. The van der Waals surface area contributed by atoms with Gasteiger partial charge in [0.15, 0.2) is 0 Å². The van der Waals surface area contributed by atoms with Crippen molar-refractivity contribution in [3.63, 3.8) is 0 Å². The molecule has 1 amide bonds. The van der Waals surface area contributed by atoms with Gasteiger partial charge in [-0.15, -0.1) is 0 Å². The van der Waals surface area contributed by atoms with E-state index in [0.29, 0.717) is 13.1 Å². The Morgan fingerprint density at radius 1 is 1.11 bits per heavy atom. The zero-order valence-corrected chi connectivity index (χ0v) is 16.3. The Morgan fingerprint density at radius 2 is 1.82 bits per heavy atom. The van der Waals surface area contributed by atoms with Crippen molar-refractivity contribution in [2.45, 2.75) is 44.6 Å². The Bertz CT molecular complexity index is 928. The van der Waals surface area contributed by atoms with Crippen LogP contribution in [0.25, 0.3) is 11.4 Å². The fraction of sp³-hybridized carbons (Fsp3) is 0.348. The van der Waals surface area contributed by atoms with E-state index in [0.717, 1.165) is 48.3 Å². The summed E-state index contributed by atoms with van der Waals surface area (Å²) in [7, 11) is 0. The number of nitrogens with one attached hydrogen (secondary N) is 1. The highest BCUT2D eigenvalue weighted by atomic mass is 16.2. The summed E-state index contributed by atoms with van der Waals surface area (Å²) in [6, 6.07) is 14.2. The first-order chi connectivity index (χ1) is 13.7. The minimum atomic E-state index is -0.376. The maximum atomic E-state index is 13.2. The topological polar surface area (TPSA) is 59.8 Å². The molecule has 1 N–H and O–H groups in total. The average Bonchev–Trinajstić information content (AvgIpc) is 3.38. The van der Waals surface area contributed by atoms with E-state index in [-0.39, 0.29) is 11.3 Å². The molecule has 0 saturated heterocycles. The van der Waals surface area contributed by atoms with Crippen molar-refractivity contribution in [2.75, 3.05) is 6.54 Å². The zero-order valence-electron chi connectivity index (χ0n) is 16.3. The van der Waals surface area contributed by atoms with Crippen LogP contribution < -0.4 is 5.32 Å². The number of hydrogen-bond donors (Lipinski definition) is 1. The molecular formula is C23H26N4O. The first-order valence-corrected chi connectivity index (χ1v) is 9.97. The Hall–Kier alpha value is -2.95. The number of amides is 1. The summed E-state index contributed by atoms with van der Waals surface area (Å²) in [5, 5.41) is 3.21. The quantitative estimate of drug-likeness (QED) is 0.712. The predicted octanol–water partition coefficient (Wildman–Crippen LogP) is 3.88. The molecule has 3 aromatic rings. The first-order valence-electron chi connectivity index (χ1n) is 9.97. The lowest BCUT2D eigenvalue weighted by Gasteiger charge is -2.28. The maximum Gasteiger partial charge on any atom is 0.230 e. The summed E-state index contributed by atoms with van der Waals surface area (Å²) >= 11 is 0. The Morgan fingerprint density at radius 3 is 2.54 bits per heavy atom. The van der Waals surface area contributed by atoms with E-state index in [1.54, 1.807) is 12.4 Å². The van der Waals surface area contributed by atoms with Crippen LogP contribution in [-0.4, -0.2) is 27.0 Å². The second-order valence-corrected chi connectivity index (χ2v) is 7.52. The summed E-state index contributed by atoms with van der Waals surface area (Å²) < 4.78 is 2.15. The normalized spacial score (nSPS) is 15.5. The summed E-state index contributed by atoms with van der Waals surface area (Å²) in [6.45, 7) is 3.32. The van der Waals surface area contributed by atoms with E-state index < -0.39 is 0 Å². The number of benzene rings is 1. The molecule has 1 aromatic carbocycles. The van der Waals surface area contributed by atoms with Crippen molar-refractivity contribution in [1.82, 2.24) is 19.9 Å². The van der Waals surface area contributed by atoms with Gasteiger partial charge in [-0.3, -0.25) is 9.78 Å².